The van der Waals surface area contributed by atoms with Gasteiger partial charge in [0.25, 0.3) is 0 Å². The molecule has 1 saturated heterocycles. The quantitative estimate of drug-likeness (QED) is 0.701. The van der Waals surface area contributed by atoms with Crippen molar-refractivity contribution in [2.75, 3.05) is 13.6 Å². The Morgan fingerprint density at radius 1 is 1.12 bits per heavy atom. The topological polar surface area (TPSA) is 3.24 Å². The molecule has 0 N–H and O–H groups in total. The fourth-order valence-electron chi connectivity index (χ4n) is 3.36. The highest BCUT2D eigenvalue weighted by molar-refractivity contribution is 4.95. The summed E-state index contributed by atoms with van der Waals surface area (Å²) in [5, 5.41) is 0. The second-order valence-corrected chi connectivity index (χ2v) is 6.95. The van der Waals surface area contributed by atoms with Gasteiger partial charge in [0.2, 0.25) is 0 Å². The molecule has 1 heteroatoms. The van der Waals surface area contributed by atoms with Gasteiger partial charge in [0.1, 0.15) is 0 Å². The molecule has 0 bridgehead atoms. The number of likely N-dealkylation sites (tertiary alicyclic amines) is 1. The molecule has 96 valence electrons. The summed E-state index contributed by atoms with van der Waals surface area (Å²) in [5.41, 5.74) is 0.421. The first-order valence-corrected chi connectivity index (χ1v) is 6.98. The molecule has 0 aromatic carbocycles. The second-order valence-electron chi connectivity index (χ2n) is 6.95. The van der Waals surface area contributed by atoms with E-state index in [1.165, 1.54) is 19.4 Å². The molecule has 1 aliphatic rings. The average molecular weight is 225 g/mol. The summed E-state index contributed by atoms with van der Waals surface area (Å²) in [7, 11) is 2.32. The lowest BCUT2D eigenvalue weighted by Crippen LogP contribution is -2.54. The maximum Gasteiger partial charge on any atom is 0.0176 e. The highest BCUT2D eigenvalue weighted by atomic mass is 15.2. The van der Waals surface area contributed by atoms with E-state index < -0.39 is 0 Å². The lowest BCUT2D eigenvalue weighted by molar-refractivity contribution is -0.0159. The minimum absolute atomic E-state index is 0.421. The molecule has 0 aromatic heterocycles. The molecule has 1 rings (SSSR count). The van der Waals surface area contributed by atoms with E-state index in [2.05, 4.69) is 53.5 Å². The Hall–Kier alpha value is -0.0400. The van der Waals surface area contributed by atoms with Crippen LogP contribution < -0.4 is 0 Å². The van der Waals surface area contributed by atoms with Gasteiger partial charge in [-0.2, -0.15) is 0 Å². The monoisotopic (exact) mass is 225 g/mol. The van der Waals surface area contributed by atoms with Crippen LogP contribution in [0.1, 0.15) is 54.4 Å². The molecule has 0 radical (unpaired) electrons. The van der Waals surface area contributed by atoms with Crippen LogP contribution in [0.15, 0.2) is 0 Å². The van der Waals surface area contributed by atoms with Crippen molar-refractivity contribution < 1.29 is 0 Å². The maximum absolute atomic E-state index is 2.62. The third-order valence-electron chi connectivity index (χ3n) is 5.04. The third-order valence-corrected chi connectivity index (χ3v) is 5.04. The van der Waals surface area contributed by atoms with Gasteiger partial charge in [0.15, 0.2) is 0 Å². The first-order chi connectivity index (χ1) is 7.28. The summed E-state index contributed by atoms with van der Waals surface area (Å²) in [5.74, 6) is 2.43. The Morgan fingerprint density at radius 3 is 2.12 bits per heavy atom. The molecule has 0 aromatic rings. The van der Waals surface area contributed by atoms with Crippen molar-refractivity contribution in [2.45, 2.75) is 60.4 Å². The van der Waals surface area contributed by atoms with Gasteiger partial charge < -0.3 is 4.90 Å². The normalized spacial score (nSPS) is 29.1. The zero-order chi connectivity index (χ0) is 12.5. The van der Waals surface area contributed by atoms with E-state index in [0.717, 1.165) is 23.8 Å². The number of rotatable bonds is 3. The Morgan fingerprint density at radius 2 is 1.69 bits per heavy atom. The molecule has 0 saturated carbocycles. The fourth-order valence-corrected chi connectivity index (χ4v) is 3.36. The summed E-state index contributed by atoms with van der Waals surface area (Å²) in [6.45, 7) is 15.7. The second kappa shape index (κ2) is 5.08. The standard InChI is InChI=1S/C15H31N/c1-11(2)13-9-8-10-16(7)14(13)15(5,6)12(3)4/h11-14H,8-10H2,1-7H3. The number of hydrogen-bond donors (Lipinski definition) is 0. The fraction of sp³-hybridized carbons (Fsp3) is 1.00. The molecule has 0 spiro atoms. The molecule has 1 fully saturated rings. The Bertz CT molecular complexity index is 217. The van der Waals surface area contributed by atoms with E-state index in [0.29, 0.717) is 5.41 Å². The number of piperidine rings is 1. The van der Waals surface area contributed by atoms with Gasteiger partial charge in [0, 0.05) is 6.04 Å². The molecular formula is C15H31N. The summed E-state index contributed by atoms with van der Waals surface area (Å²) in [6, 6.07) is 0.751. The van der Waals surface area contributed by atoms with Crippen LogP contribution in [0, 0.1) is 23.2 Å². The van der Waals surface area contributed by atoms with Gasteiger partial charge in [-0.05, 0) is 49.6 Å². The van der Waals surface area contributed by atoms with Gasteiger partial charge >= 0.3 is 0 Å². The van der Waals surface area contributed by atoms with Crippen molar-refractivity contribution >= 4 is 0 Å². The van der Waals surface area contributed by atoms with Crippen LogP contribution in [0.2, 0.25) is 0 Å². The zero-order valence-corrected chi connectivity index (χ0v) is 12.4. The Labute approximate surface area is 103 Å². The van der Waals surface area contributed by atoms with Crippen molar-refractivity contribution in [1.82, 2.24) is 4.90 Å². The smallest absolute Gasteiger partial charge is 0.0176 e. The van der Waals surface area contributed by atoms with Crippen LogP contribution in [-0.2, 0) is 0 Å². The van der Waals surface area contributed by atoms with Gasteiger partial charge in [-0.15, -0.1) is 0 Å². The lowest BCUT2D eigenvalue weighted by atomic mass is 9.65. The summed E-state index contributed by atoms with van der Waals surface area (Å²) < 4.78 is 0. The van der Waals surface area contributed by atoms with E-state index in [4.69, 9.17) is 0 Å². The van der Waals surface area contributed by atoms with Gasteiger partial charge in [0.05, 0.1) is 0 Å². The van der Waals surface area contributed by atoms with E-state index in [1.807, 2.05) is 0 Å². The molecule has 0 aliphatic carbocycles. The minimum atomic E-state index is 0.421. The SMILES string of the molecule is CC(C)C1CCCN(C)C1C(C)(C)C(C)C. The third kappa shape index (κ3) is 2.61. The lowest BCUT2D eigenvalue weighted by Gasteiger charge is -2.51. The van der Waals surface area contributed by atoms with E-state index >= 15 is 0 Å². The average Bonchev–Trinajstić information content (AvgIpc) is 2.16. The summed E-state index contributed by atoms with van der Waals surface area (Å²) in [4.78, 5) is 2.62. The van der Waals surface area contributed by atoms with E-state index in [9.17, 15) is 0 Å². The highest BCUT2D eigenvalue weighted by Crippen LogP contribution is 2.42. The molecule has 2 atom stereocenters. The van der Waals surface area contributed by atoms with Gasteiger partial charge in [-0.1, -0.05) is 41.5 Å². The van der Waals surface area contributed by atoms with E-state index in [-0.39, 0.29) is 0 Å². The van der Waals surface area contributed by atoms with Crippen molar-refractivity contribution in [3.63, 3.8) is 0 Å². The first-order valence-electron chi connectivity index (χ1n) is 6.98. The van der Waals surface area contributed by atoms with Crippen molar-refractivity contribution in [2.24, 2.45) is 23.2 Å². The van der Waals surface area contributed by atoms with Crippen LogP contribution in [-0.4, -0.2) is 24.5 Å². The Kier molecular flexibility index (Phi) is 4.45. The maximum atomic E-state index is 2.62. The number of hydrogen-bond acceptors (Lipinski definition) is 1. The minimum Gasteiger partial charge on any atom is -0.303 e. The molecule has 0 amide bonds. The Balaban J connectivity index is 2.94. The summed E-state index contributed by atoms with van der Waals surface area (Å²) >= 11 is 0. The van der Waals surface area contributed by atoms with Crippen LogP contribution in [0.5, 0.6) is 0 Å². The van der Waals surface area contributed by atoms with Crippen molar-refractivity contribution in [1.29, 1.82) is 0 Å². The van der Waals surface area contributed by atoms with Crippen LogP contribution >= 0.6 is 0 Å². The molecule has 1 nitrogen and oxygen atoms in total. The van der Waals surface area contributed by atoms with Crippen LogP contribution in [0.4, 0.5) is 0 Å². The molecule has 1 aliphatic heterocycles. The molecule has 16 heavy (non-hydrogen) atoms. The van der Waals surface area contributed by atoms with Gasteiger partial charge in [-0.25, -0.2) is 0 Å². The van der Waals surface area contributed by atoms with Gasteiger partial charge in [-0.3, -0.25) is 0 Å². The van der Waals surface area contributed by atoms with Crippen molar-refractivity contribution in [3.8, 4) is 0 Å². The predicted octanol–water partition coefficient (Wildman–Crippen LogP) is 4.04. The van der Waals surface area contributed by atoms with Crippen LogP contribution in [0.3, 0.4) is 0 Å². The predicted molar refractivity (Wildman–Crippen MR) is 72.6 cm³/mol. The molecule has 1 heterocycles. The number of nitrogens with zero attached hydrogens (tertiary/aromatic N) is 1. The first kappa shape index (κ1) is 14.0. The zero-order valence-electron chi connectivity index (χ0n) is 12.4. The van der Waals surface area contributed by atoms with E-state index in [1.54, 1.807) is 0 Å². The molecule has 2 unspecified atom stereocenters. The molecular weight excluding hydrogens is 194 g/mol. The highest BCUT2D eigenvalue weighted by Gasteiger charge is 2.42. The largest absolute Gasteiger partial charge is 0.303 e. The van der Waals surface area contributed by atoms with Crippen molar-refractivity contribution in [3.05, 3.63) is 0 Å². The van der Waals surface area contributed by atoms with Crippen LogP contribution in [0.25, 0.3) is 0 Å². The summed E-state index contributed by atoms with van der Waals surface area (Å²) in [6.07, 6.45) is 2.80.